The van der Waals surface area contributed by atoms with Gasteiger partial charge in [-0.15, -0.1) is 0 Å². The summed E-state index contributed by atoms with van der Waals surface area (Å²) < 4.78 is 19.5. The van der Waals surface area contributed by atoms with E-state index in [4.69, 9.17) is 15.7 Å². The first kappa shape index (κ1) is 14.8. The van der Waals surface area contributed by atoms with Crippen molar-refractivity contribution in [2.24, 2.45) is 10.9 Å². The van der Waals surface area contributed by atoms with Gasteiger partial charge in [0.25, 0.3) is 0 Å². The lowest BCUT2D eigenvalue weighted by atomic mass is 10.0. The Labute approximate surface area is 122 Å². The number of nitrogens with zero attached hydrogens (tertiary/aromatic N) is 1. The lowest BCUT2D eigenvalue weighted by molar-refractivity contribution is 0.318. The molecule has 0 spiro atoms. The Balaban J connectivity index is 2.40. The van der Waals surface area contributed by atoms with Crippen LogP contribution in [0.4, 0.5) is 4.39 Å². The predicted octanol–water partition coefficient (Wildman–Crippen LogP) is 3.84. The van der Waals surface area contributed by atoms with Crippen LogP contribution in [0.15, 0.2) is 47.6 Å². The van der Waals surface area contributed by atoms with Crippen LogP contribution in [0.5, 0.6) is 11.5 Å². The monoisotopic (exact) mass is 288 g/mol. The van der Waals surface area contributed by atoms with Gasteiger partial charge in [-0.1, -0.05) is 37.2 Å². The van der Waals surface area contributed by atoms with E-state index < -0.39 is 5.82 Å². The fourth-order valence-electron chi connectivity index (χ4n) is 1.95. The minimum absolute atomic E-state index is 0.0602. The Morgan fingerprint density at radius 1 is 1.24 bits per heavy atom. The Hall–Kier alpha value is -2.56. The van der Waals surface area contributed by atoms with E-state index >= 15 is 0 Å². The molecule has 2 aromatic carbocycles. The highest BCUT2D eigenvalue weighted by Crippen LogP contribution is 2.29. The van der Waals surface area contributed by atoms with Crippen LogP contribution < -0.4 is 10.5 Å². The molecule has 110 valence electrons. The number of oxime groups is 1. The SMILES string of the molecule is CC(C)c1cccc(Oc2cccc(F)c2C(N)=NO)c1. The molecule has 2 rings (SSSR count). The quantitative estimate of drug-likeness (QED) is 0.389. The van der Waals surface area contributed by atoms with E-state index in [0.717, 1.165) is 5.56 Å². The fraction of sp³-hybridized carbons (Fsp3) is 0.188. The smallest absolute Gasteiger partial charge is 0.176 e. The van der Waals surface area contributed by atoms with Crippen molar-refractivity contribution in [1.29, 1.82) is 0 Å². The molecule has 3 N–H and O–H groups in total. The maximum atomic E-state index is 13.8. The Morgan fingerprint density at radius 2 is 1.95 bits per heavy atom. The molecular formula is C16H17FN2O2. The standard InChI is InChI=1S/C16H17FN2O2/c1-10(2)11-5-3-6-12(9-11)21-14-8-4-7-13(17)15(14)16(18)19-20/h3-10,20H,1-2H3,(H2,18,19). The van der Waals surface area contributed by atoms with E-state index in [1.54, 1.807) is 12.1 Å². The summed E-state index contributed by atoms with van der Waals surface area (Å²) in [7, 11) is 0. The van der Waals surface area contributed by atoms with Gasteiger partial charge in [0.2, 0.25) is 0 Å². The van der Waals surface area contributed by atoms with Crippen LogP contribution >= 0.6 is 0 Å². The minimum Gasteiger partial charge on any atom is -0.456 e. The second-order valence-electron chi connectivity index (χ2n) is 4.93. The molecule has 0 aromatic heterocycles. The summed E-state index contributed by atoms with van der Waals surface area (Å²) in [6, 6.07) is 11.8. The summed E-state index contributed by atoms with van der Waals surface area (Å²) >= 11 is 0. The molecule has 0 saturated heterocycles. The molecule has 21 heavy (non-hydrogen) atoms. The van der Waals surface area contributed by atoms with E-state index in [-0.39, 0.29) is 17.1 Å². The maximum absolute atomic E-state index is 13.8. The molecule has 5 heteroatoms. The second-order valence-corrected chi connectivity index (χ2v) is 4.93. The largest absolute Gasteiger partial charge is 0.456 e. The molecular weight excluding hydrogens is 271 g/mol. The Kier molecular flexibility index (Phi) is 4.42. The molecule has 0 atom stereocenters. The number of hydrogen-bond donors (Lipinski definition) is 2. The van der Waals surface area contributed by atoms with Crippen molar-refractivity contribution in [3.05, 3.63) is 59.4 Å². The van der Waals surface area contributed by atoms with Crippen molar-refractivity contribution < 1.29 is 14.3 Å². The van der Waals surface area contributed by atoms with E-state index in [0.29, 0.717) is 11.7 Å². The molecule has 0 amide bonds. The van der Waals surface area contributed by atoms with Crippen LogP contribution in [0.25, 0.3) is 0 Å². The highest BCUT2D eigenvalue weighted by Gasteiger charge is 2.15. The molecule has 4 nitrogen and oxygen atoms in total. The van der Waals surface area contributed by atoms with Gasteiger partial charge in [-0.3, -0.25) is 0 Å². The van der Waals surface area contributed by atoms with Gasteiger partial charge in [0.15, 0.2) is 5.84 Å². The van der Waals surface area contributed by atoms with Crippen LogP contribution in [0.1, 0.15) is 30.9 Å². The molecule has 0 heterocycles. The molecule has 0 unspecified atom stereocenters. The summed E-state index contributed by atoms with van der Waals surface area (Å²) in [4.78, 5) is 0. The zero-order valence-corrected chi connectivity index (χ0v) is 11.9. The number of nitrogens with two attached hydrogens (primary N) is 1. The van der Waals surface area contributed by atoms with Crippen molar-refractivity contribution in [2.75, 3.05) is 0 Å². The van der Waals surface area contributed by atoms with E-state index in [1.807, 2.05) is 18.2 Å². The molecule has 0 aliphatic heterocycles. The number of hydrogen-bond acceptors (Lipinski definition) is 3. The van der Waals surface area contributed by atoms with Gasteiger partial charge in [-0.05, 0) is 35.7 Å². The van der Waals surface area contributed by atoms with Gasteiger partial charge in [0, 0.05) is 0 Å². The van der Waals surface area contributed by atoms with Crippen molar-refractivity contribution in [1.82, 2.24) is 0 Å². The van der Waals surface area contributed by atoms with Crippen LogP contribution in [0.3, 0.4) is 0 Å². The number of ether oxygens (including phenoxy) is 1. The number of halogens is 1. The molecule has 2 aromatic rings. The summed E-state index contributed by atoms with van der Waals surface area (Å²) in [5.41, 5.74) is 6.55. The normalized spacial score (nSPS) is 11.7. The lowest BCUT2D eigenvalue weighted by Crippen LogP contribution is -2.16. The van der Waals surface area contributed by atoms with Crippen molar-refractivity contribution in [3.63, 3.8) is 0 Å². The van der Waals surface area contributed by atoms with Gasteiger partial charge in [-0.2, -0.15) is 0 Å². The number of amidine groups is 1. The summed E-state index contributed by atoms with van der Waals surface area (Å²) in [6.07, 6.45) is 0. The zero-order chi connectivity index (χ0) is 15.4. The van der Waals surface area contributed by atoms with E-state index in [1.165, 1.54) is 12.1 Å². The molecule has 0 aliphatic carbocycles. The van der Waals surface area contributed by atoms with Gasteiger partial charge in [-0.25, -0.2) is 4.39 Å². The van der Waals surface area contributed by atoms with Crippen molar-refractivity contribution in [2.45, 2.75) is 19.8 Å². The Bertz CT molecular complexity index is 669. The Morgan fingerprint density at radius 3 is 2.62 bits per heavy atom. The fourth-order valence-corrected chi connectivity index (χ4v) is 1.95. The highest BCUT2D eigenvalue weighted by molar-refractivity contribution is 5.99. The molecule has 0 aliphatic rings. The lowest BCUT2D eigenvalue weighted by Gasteiger charge is -2.13. The summed E-state index contributed by atoms with van der Waals surface area (Å²) in [5, 5.41) is 11.6. The average Bonchev–Trinajstić information content (AvgIpc) is 2.47. The molecule has 0 fully saturated rings. The van der Waals surface area contributed by atoms with Gasteiger partial charge in [0.05, 0.1) is 5.56 Å². The third-order valence-corrected chi connectivity index (χ3v) is 3.09. The van der Waals surface area contributed by atoms with E-state index in [9.17, 15) is 4.39 Å². The average molecular weight is 288 g/mol. The summed E-state index contributed by atoms with van der Waals surface area (Å²) in [6.45, 7) is 4.15. The molecule has 0 radical (unpaired) electrons. The first-order valence-corrected chi connectivity index (χ1v) is 6.57. The van der Waals surface area contributed by atoms with Crippen molar-refractivity contribution >= 4 is 5.84 Å². The molecule has 0 bridgehead atoms. The van der Waals surface area contributed by atoms with Gasteiger partial charge in [0.1, 0.15) is 17.3 Å². The first-order valence-electron chi connectivity index (χ1n) is 6.57. The predicted molar refractivity (Wildman–Crippen MR) is 79.5 cm³/mol. The summed E-state index contributed by atoms with van der Waals surface area (Å²) in [5.74, 6) is 0.181. The third-order valence-electron chi connectivity index (χ3n) is 3.09. The molecule has 0 saturated carbocycles. The number of rotatable bonds is 4. The van der Waals surface area contributed by atoms with Crippen LogP contribution in [-0.4, -0.2) is 11.0 Å². The third kappa shape index (κ3) is 3.31. The maximum Gasteiger partial charge on any atom is 0.176 e. The van der Waals surface area contributed by atoms with Crippen LogP contribution in [0, 0.1) is 5.82 Å². The van der Waals surface area contributed by atoms with Gasteiger partial charge < -0.3 is 15.7 Å². The van der Waals surface area contributed by atoms with Gasteiger partial charge >= 0.3 is 0 Å². The topological polar surface area (TPSA) is 67.8 Å². The number of benzene rings is 2. The van der Waals surface area contributed by atoms with Crippen LogP contribution in [-0.2, 0) is 0 Å². The van der Waals surface area contributed by atoms with E-state index in [2.05, 4.69) is 19.0 Å². The minimum atomic E-state index is -0.609. The highest BCUT2D eigenvalue weighted by atomic mass is 19.1. The second kappa shape index (κ2) is 6.26. The van der Waals surface area contributed by atoms with Crippen molar-refractivity contribution in [3.8, 4) is 11.5 Å². The van der Waals surface area contributed by atoms with Crippen LogP contribution in [0.2, 0.25) is 0 Å². The zero-order valence-electron chi connectivity index (χ0n) is 11.9. The first-order chi connectivity index (χ1) is 10.0.